The first-order chi connectivity index (χ1) is 15.5. The van der Waals surface area contributed by atoms with Crippen LogP contribution in [0, 0.1) is 0 Å². The molecule has 4 nitrogen and oxygen atoms in total. The number of para-hydroxylation sites is 1. The molecule has 4 rings (SSSR count). The zero-order chi connectivity index (χ0) is 22.4. The number of carbonyl (C=O) groups is 1. The predicted octanol–water partition coefficient (Wildman–Crippen LogP) is 5.78. The number of ether oxygens (including phenoxy) is 1. The van der Waals surface area contributed by atoms with Crippen LogP contribution in [0.3, 0.4) is 0 Å². The fourth-order valence-corrected chi connectivity index (χ4v) is 3.41. The summed E-state index contributed by atoms with van der Waals surface area (Å²) in [5, 5.41) is 13.7. The van der Waals surface area contributed by atoms with Crippen molar-refractivity contribution in [2.24, 2.45) is 0 Å². The number of hydrogen-bond acceptors (Lipinski definition) is 3. The first kappa shape index (κ1) is 21.3. The van der Waals surface area contributed by atoms with Crippen molar-refractivity contribution in [1.82, 2.24) is 5.32 Å². The minimum absolute atomic E-state index is 0.0960. The highest BCUT2D eigenvalue weighted by atomic mass is 16.5. The van der Waals surface area contributed by atoms with Gasteiger partial charge >= 0.3 is 0 Å². The highest BCUT2D eigenvalue weighted by Gasteiger charge is 2.24. The summed E-state index contributed by atoms with van der Waals surface area (Å²) >= 11 is 0. The number of hydrogen-bond donors (Lipinski definition) is 2. The smallest absolute Gasteiger partial charge is 0.251 e. The van der Waals surface area contributed by atoms with Gasteiger partial charge in [0.25, 0.3) is 5.91 Å². The van der Waals surface area contributed by atoms with E-state index in [1.165, 1.54) is 0 Å². The van der Waals surface area contributed by atoms with Gasteiger partial charge in [0, 0.05) is 5.56 Å². The van der Waals surface area contributed by atoms with E-state index in [9.17, 15) is 9.90 Å². The van der Waals surface area contributed by atoms with Crippen LogP contribution in [0.15, 0.2) is 109 Å². The van der Waals surface area contributed by atoms with Gasteiger partial charge in [-0.25, -0.2) is 0 Å². The van der Waals surface area contributed by atoms with Crippen LogP contribution in [0.2, 0.25) is 0 Å². The first-order valence-electron chi connectivity index (χ1n) is 10.5. The van der Waals surface area contributed by atoms with E-state index in [1.807, 2.05) is 84.9 Å². The van der Waals surface area contributed by atoms with Gasteiger partial charge in [0.15, 0.2) is 0 Å². The van der Waals surface area contributed by atoms with E-state index in [0.29, 0.717) is 11.3 Å². The van der Waals surface area contributed by atoms with E-state index in [1.54, 1.807) is 31.2 Å². The molecule has 0 aliphatic heterocycles. The number of amides is 1. The fourth-order valence-electron chi connectivity index (χ4n) is 3.41. The molecule has 0 radical (unpaired) electrons. The molecule has 0 bridgehead atoms. The Labute approximate surface area is 188 Å². The van der Waals surface area contributed by atoms with E-state index in [2.05, 4.69) is 5.32 Å². The molecule has 160 valence electrons. The van der Waals surface area contributed by atoms with Gasteiger partial charge in [-0.05, 0) is 60.0 Å². The maximum Gasteiger partial charge on any atom is 0.251 e. The summed E-state index contributed by atoms with van der Waals surface area (Å²) < 4.78 is 5.76. The van der Waals surface area contributed by atoms with Gasteiger partial charge < -0.3 is 15.2 Å². The third-order valence-corrected chi connectivity index (χ3v) is 5.30. The summed E-state index contributed by atoms with van der Waals surface area (Å²) in [4.78, 5) is 12.6. The second-order valence-corrected chi connectivity index (χ2v) is 7.84. The molecule has 1 amide bonds. The summed E-state index contributed by atoms with van der Waals surface area (Å²) in [6.07, 6.45) is 0. The van der Waals surface area contributed by atoms with Crippen molar-refractivity contribution < 1.29 is 14.6 Å². The SMILES string of the molecule is CC(O)(CNC(=O)c1ccc(Oc2ccccc2)cc1)c1ccc(-c2ccccc2)cc1. The van der Waals surface area contributed by atoms with Crippen LogP contribution in [0.25, 0.3) is 11.1 Å². The van der Waals surface area contributed by atoms with E-state index in [4.69, 9.17) is 4.74 Å². The molecule has 0 aliphatic rings. The Morgan fingerprint density at radius 3 is 1.91 bits per heavy atom. The van der Waals surface area contributed by atoms with Crippen molar-refractivity contribution in [1.29, 1.82) is 0 Å². The maximum absolute atomic E-state index is 12.6. The fraction of sp³-hybridized carbons (Fsp3) is 0.107. The number of benzene rings is 4. The number of aliphatic hydroxyl groups is 1. The molecule has 4 aromatic rings. The molecule has 0 heterocycles. The summed E-state index contributed by atoms with van der Waals surface area (Å²) in [7, 11) is 0. The summed E-state index contributed by atoms with van der Waals surface area (Å²) in [6.45, 7) is 1.79. The standard InChI is InChI=1S/C28H25NO3/c1-28(31,24-16-12-22(13-17-24)21-8-4-2-5-9-21)20-29-27(30)23-14-18-26(19-15-23)32-25-10-6-3-7-11-25/h2-19,31H,20H2,1H3,(H,29,30). The van der Waals surface area contributed by atoms with Crippen molar-refractivity contribution >= 4 is 5.91 Å². The lowest BCUT2D eigenvalue weighted by molar-refractivity contribution is 0.0526. The molecule has 1 unspecified atom stereocenters. The van der Waals surface area contributed by atoms with E-state index in [-0.39, 0.29) is 12.5 Å². The molecule has 4 aromatic carbocycles. The number of carbonyl (C=O) groups excluding carboxylic acids is 1. The zero-order valence-electron chi connectivity index (χ0n) is 17.9. The van der Waals surface area contributed by atoms with Crippen molar-refractivity contribution in [3.05, 3.63) is 120 Å². The van der Waals surface area contributed by atoms with Crippen molar-refractivity contribution in [2.75, 3.05) is 6.54 Å². The van der Waals surface area contributed by atoms with Gasteiger partial charge in [-0.3, -0.25) is 4.79 Å². The Morgan fingerprint density at radius 1 is 0.750 bits per heavy atom. The molecule has 2 N–H and O–H groups in total. The van der Waals surface area contributed by atoms with Gasteiger partial charge in [-0.2, -0.15) is 0 Å². The Kier molecular flexibility index (Phi) is 6.34. The zero-order valence-corrected chi connectivity index (χ0v) is 17.9. The van der Waals surface area contributed by atoms with E-state index < -0.39 is 5.60 Å². The van der Waals surface area contributed by atoms with E-state index in [0.717, 1.165) is 22.4 Å². The molecule has 1 atom stereocenters. The largest absolute Gasteiger partial charge is 0.457 e. The van der Waals surface area contributed by atoms with Gasteiger partial charge in [0.05, 0.1) is 6.54 Å². The van der Waals surface area contributed by atoms with Crippen LogP contribution in [-0.2, 0) is 5.60 Å². The predicted molar refractivity (Wildman–Crippen MR) is 127 cm³/mol. The lowest BCUT2D eigenvalue weighted by Crippen LogP contribution is -2.38. The Morgan fingerprint density at radius 2 is 1.28 bits per heavy atom. The molecule has 0 aromatic heterocycles. The summed E-state index contributed by atoms with van der Waals surface area (Å²) in [5.41, 5.74) is 2.24. The average Bonchev–Trinajstić information content (AvgIpc) is 2.84. The first-order valence-corrected chi connectivity index (χ1v) is 10.5. The second kappa shape index (κ2) is 9.50. The lowest BCUT2D eigenvalue weighted by atomic mass is 9.93. The second-order valence-electron chi connectivity index (χ2n) is 7.84. The Balaban J connectivity index is 1.36. The van der Waals surface area contributed by atoms with Crippen LogP contribution >= 0.6 is 0 Å². The molecule has 32 heavy (non-hydrogen) atoms. The highest BCUT2D eigenvalue weighted by Crippen LogP contribution is 2.25. The normalized spacial score (nSPS) is 12.6. The minimum Gasteiger partial charge on any atom is -0.457 e. The summed E-state index contributed by atoms with van der Waals surface area (Å²) in [6, 6.07) is 34.2. The Hall–Kier alpha value is -3.89. The van der Waals surface area contributed by atoms with E-state index >= 15 is 0 Å². The highest BCUT2D eigenvalue weighted by molar-refractivity contribution is 5.94. The van der Waals surface area contributed by atoms with Gasteiger partial charge in [-0.1, -0.05) is 72.8 Å². The van der Waals surface area contributed by atoms with Gasteiger partial charge in [0.2, 0.25) is 0 Å². The molecule has 0 saturated heterocycles. The molecule has 0 fully saturated rings. The molecular formula is C28H25NO3. The van der Waals surface area contributed by atoms with Crippen LogP contribution in [0.5, 0.6) is 11.5 Å². The molecule has 0 spiro atoms. The topological polar surface area (TPSA) is 58.6 Å². The van der Waals surface area contributed by atoms with Crippen molar-refractivity contribution in [2.45, 2.75) is 12.5 Å². The van der Waals surface area contributed by atoms with Crippen LogP contribution in [0.1, 0.15) is 22.8 Å². The third-order valence-electron chi connectivity index (χ3n) is 5.30. The minimum atomic E-state index is -1.19. The molecule has 0 saturated carbocycles. The molecule has 4 heteroatoms. The molecule has 0 aliphatic carbocycles. The van der Waals surface area contributed by atoms with Crippen LogP contribution in [0.4, 0.5) is 0 Å². The van der Waals surface area contributed by atoms with Crippen LogP contribution in [-0.4, -0.2) is 17.6 Å². The number of rotatable bonds is 7. The molecular weight excluding hydrogens is 398 g/mol. The maximum atomic E-state index is 12.6. The van der Waals surface area contributed by atoms with Crippen LogP contribution < -0.4 is 10.1 Å². The van der Waals surface area contributed by atoms with Gasteiger partial charge in [0.1, 0.15) is 17.1 Å². The number of nitrogens with one attached hydrogen (secondary N) is 1. The Bertz CT molecular complexity index is 1150. The lowest BCUT2D eigenvalue weighted by Gasteiger charge is -2.24. The van der Waals surface area contributed by atoms with Gasteiger partial charge in [-0.15, -0.1) is 0 Å². The summed E-state index contributed by atoms with van der Waals surface area (Å²) in [5.74, 6) is 1.13. The van der Waals surface area contributed by atoms with Crippen molar-refractivity contribution in [3.63, 3.8) is 0 Å². The quantitative estimate of drug-likeness (QED) is 0.396. The monoisotopic (exact) mass is 423 g/mol. The third kappa shape index (κ3) is 5.23. The van der Waals surface area contributed by atoms with Crippen molar-refractivity contribution in [3.8, 4) is 22.6 Å². The average molecular weight is 424 g/mol.